The van der Waals surface area contributed by atoms with Crippen molar-refractivity contribution in [3.8, 4) is 11.8 Å². The SMILES string of the molecule is COc1ccc(C(NCCCCCCOC(CC#N)OPN(C(C)C)C(C)C)(c2ccc(C)cc2)c2ccc(C)cc2)cc1. The number of nitrogens with zero attached hydrogens (tertiary/aromatic N) is 2. The highest BCUT2D eigenvalue weighted by molar-refractivity contribution is 7.29. The number of unbranched alkanes of at least 4 members (excludes halogenated alkanes) is 3. The molecule has 6 nitrogen and oxygen atoms in total. The summed E-state index contributed by atoms with van der Waals surface area (Å²) in [5, 5.41) is 13.3. The molecule has 0 bridgehead atoms. The van der Waals surface area contributed by atoms with Crippen LogP contribution in [0.2, 0.25) is 0 Å². The second-order valence-corrected chi connectivity index (χ2v) is 13.0. The van der Waals surface area contributed by atoms with Gasteiger partial charge in [0.05, 0.1) is 34.1 Å². The molecule has 0 amide bonds. The summed E-state index contributed by atoms with van der Waals surface area (Å²) in [5.41, 5.74) is 5.58. The largest absolute Gasteiger partial charge is 0.497 e. The van der Waals surface area contributed by atoms with Crippen LogP contribution in [0, 0.1) is 25.2 Å². The molecule has 0 saturated carbocycles. The van der Waals surface area contributed by atoms with Crippen LogP contribution in [0.25, 0.3) is 0 Å². The average Bonchev–Trinajstić information content (AvgIpc) is 3.01. The van der Waals surface area contributed by atoms with E-state index < -0.39 is 11.8 Å². The fourth-order valence-electron chi connectivity index (χ4n) is 5.46. The monoisotopic (exact) mass is 617 g/mol. The van der Waals surface area contributed by atoms with Crippen LogP contribution < -0.4 is 10.1 Å². The molecule has 3 rings (SSSR count). The van der Waals surface area contributed by atoms with E-state index >= 15 is 0 Å². The molecule has 0 aliphatic rings. The fraction of sp³-hybridized carbons (Fsp3) is 0.486. The summed E-state index contributed by atoms with van der Waals surface area (Å²) in [6.07, 6.45) is 3.87. The van der Waals surface area contributed by atoms with E-state index in [1.54, 1.807) is 7.11 Å². The highest BCUT2D eigenvalue weighted by Crippen LogP contribution is 2.38. The number of nitriles is 1. The highest BCUT2D eigenvalue weighted by Gasteiger charge is 2.36. The van der Waals surface area contributed by atoms with Gasteiger partial charge < -0.3 is 14.0 Å². The van der Waals surface area contributed by atoms with Gasteiger partial charge in [-0.05, 0) is 89.8 Å². The summed E-state index contributed by atoms with van der Waals surface area (Å²) in [7, 11) is 1.89. The summed E-state index contributed by atoms with van der Waals surface area (Å²) in [5.74, 6) is 0.845. The van der Waals surface area contributed by atoms with Crippen molar-refractivity contribution in [2.24, 2.45) is 0 Å². The van der Waals surface area contributed by atoms with Gasteiger partial charge in [-0.15, -0.1) is 0 Å². The van der Waals surface area contributed by atoms with Crippen molar-refractivity contribution >= 4 is 8.96 Å². The van der Waals surface area contributed by atoms with Gasteiger partial charge >= 0.3 is 0 Å². The van der Waals surface area contributed by atoms with Gasteiger partial charge in [0.15, 0.2) is 6.29 Å². The molecule has 0 aliphatic carbocycles. The van der Waals surface area contributed by atoms with Gasteiger partial charge in [-0.3, -0.25) is 9.99 Å². The van der Waals surface area contributed by atoms with Crippen molar-refractivity contribution in [2.45, 2.75) is 97.6 Å². The first kappa shape index (κ1) is 35.7. The molecule has 2 unspecified atom stereocenters. The lowest BCUT2D eigenvalue weighted by Crippen LogP contribution is -2.45. The van der Waals surface area contributed by atoms with Gasteiger partial charge in [0.1, 0.15) is 5.75 Å². The molecule has 0 heterocycles. The fourth-order valence-corrected chi connectivity index (χ4v) is 6.27. The smallest absolute Gasteiger partial charge is 0.175 e. The van der Waals surface area contributed by atoms with Crippen molar-refractivity contribution in [2.75, 3.05) is 20.3 Å². The third kappa shape index (κ3) is 10.1. The Balaban J connectivity index is 1.63. The zero-order valence-corrected chi connectivity index (χ0v) is 28.7. The van der Waals surface area contributed by atoms with E-state index in [1.807, 2.05) is 12.1 Å². The Morgan fingerprint density at radius 2 is 1.27 bits per heavy atom. The molecule has 2 atom stereocenters. The van der Waals surface area contributed by atoms with Crippen molar-refractivity contribution in [3.05, 3.63) is 101 Å². The molecular weight excluding hydrogens is 565 g/mol. The zero-order valence-electron chi connectivity index (χ0n) is 27.7. The summed E-state index contributed by atoms with van der Waals surface area (Å²) in [4.78, 5) is 0. The number of hydrogen-bond donors (Lipinski definition) is 1. The molecule has 0 fully saturated rings. The molecular formula is C37H52N3O3P. The number of methoxy groups -OCH3 is 1. The maximum Gasteiger partial charge on any atom is 0.175 e. The Labute approximate surface area is 268 Å². The minimum absolute atomic E-state index is 0.184. The Morgan fingerprint density at radius 1 is 0.773 bits per heavy atom. The molecule has 0 radical (unpaired) electrons. The lowest BCUT2D eigenvalue weighted by atomic mass is 9.76. The first-order chi connectivity index (χ1) is 21.2. The minimum atomic E-state index is -0.501. The van der Waals surface area contributed by atoms with Gasteiger partial charge in [-0.25, -0.2) is 0 Å². The second-order valence-electron chi connectivity index (χ2n) is 12.0. The predicted molar refractivity (Wildman–Crippen MR) is 183 cm³/mol. The molecule has 1 N–H and O–H groups in total. The van der Waals surface area contributed by atoms with Crippen molar-refractivity contribution in [1.29, 1.82) is 5.26 Å². The van der Waals surface area contributed by atoms with Crippen LogP contribution >= 0.6 is 8.96 Å². The predicted octanol–water partition coefficient (Wildman–Crippen LogP) is 8.65. The molecule has 0 spiro atoms. The van der Waals surface area contributed by atoms with Crippen LogP contribution in [0.5, 0.6) is 5.75 Å². The maximum atomic E-state index is 9.25. The molecule has 0 saturated heterocycles. The first-order valence-electron chi connectivity index (χ1n) is 15.9. The average molecular weight is 618 g/mol. The summed E-state index contributed by atoms with van der Waals surface area (Å²) in [6, 6.07) is 29.1. The Hall–Kier alpha value is -2.78. The Bertz CT molecular complexity index is 1220. The van der Waals surface area contributed by atoms with E-state index in [4.69, 9.17) is 14.0 Å². The van der Waals surface area contributed by atoms with Crippen LogP contribution in [0.4, 0.5) is 0 Å². The van der Waals surface area contributed by atoms with Gasteiger partial charge in [0, 0.05) is 18.7 Å². The van der Waals surface area contributed by atoms with E-state index in [0.717, 1.165) is 38.0 Å². The maximum absolute atomic E-state index is 9.25. The van der Waals surface area contributed by atoms with E-state index in [9.17, 15) is 5.26 Å². The van der Waals surface area contributed by atoms with Crippen LogP contribution in [0.3, 0.4) is 0 Å². The molecule has 3 aromatic carbocycles. The van der Waals surface area contributed by atoms with E-state index in [2.05, 4.69) is 118 Å². The van der Waals surface area contributed by atoms with Gasteiger partial charge in [0.25, 0.3) is 0 Å². The topological polar surface area (TPSA) is 66.8 Å². The number of rotatable bonds is 19. The van der Waals surface area contributed by atoms with Gasteiger partial charge in [-0.1, -0.05) is 84.6 Å². The third-order valence-corrected chi connectivity index (χ3v) is 9.53. The normalized spacial score (nSPS) is 12.8. The van der Waals surface area contributed by atoms with Crippen molar-refractivity contribution < 1.29 is 14.0 Å². The number of nitrogens with one attached hydrogen (secondary N) is 1. The summed E-state index contributed by atoms with van der Waals surface area (Å²) in [6.45, 7) is 14.3. The second kappa shape index (κ2) is 18.3. The van der Waals surface area contributed by atoms with Gasteiger partial charge in [0.2, 0.25) is 0 Å². The summed E-state index contributed by atoms with van der Waals surface area (Å²) < 4.78 is 19.7. The lowest BCUT2D eigenvalue weighted by Gasteiger charge is -2.37. The van der Waals surface area contributed by atoms with Crippen LogP contribution in [0.15, 0.2) is 72.8 Å². The van der Waals surface area contributed by atoms with Gasteiger partial charge in [-0.2, -0.15) is 5.26 Å². The van der Waals surface area contributed by atoms with Crippen molar-refractivity contribution in [3.63, 3.8) is 0 Å². The standard InChI is InChI=1S/C37H52N3O3P/c1-28(2)40(29(3)4)44-43-36(24-25-38)42-27-11-9-8-10-26-39-37(32-16-12-30(5)13-17-32,33-18-14-31(6)15-19-33)34-20-22-35(41-7)23-21-34/h12-23,28-29,36,39,44H,8-11,24,26-27H2,1-7H3. The van der Waals surface area contributed by atoms with E-state index in [0.29, 0.717) is 18.7 Å². The molecule has 238 valence electrons. The molecule has 0 aromatic heterocycles. The van der Waals surface area contributed by atoms with Crippen LogP contribution in [-0.2, 0) is 14.8 Å². The Kier molecular flexibility index (Phi) is 14.8. The number of hydrogen-bond acceptors (Lipinski definition) is 6. The number of benzene rings is 3. The van der Waals surface area contributed by atoms with Crippen LogP contribution in [-0.4, -0.2) is 43.3 Å². The zero-order chi connectivity index (χ0) is 32.0. The van der Waals surface area contributed by atoms with E-state index in [-0.39, 0.29) is 15.4 Å². The van der Waals surface area contributed by atoms with E-state index in [1.165, 1.54) is 27.8 Å². The molecule has 0 aliphatic heterocycles. The quantitative estimate of drug-likeness (QED) is 0.0629. The molecule has 3 aromatic rings. The lowest BCUT2D eigenvalue weighted by molar-refractivity contribution is -0.0730. The minimum Gasteiger partial charge on any atom is -0.497 e. The highest BCUT2D eigenvalue weighted by atomic mass is 31.1. The molecule has 44 heavy (non-hydrogen) atoms. The first-order valence-corrected chi connectivity index (χ1v) is 16.8. The molecule has 7 heteroatoms. The van der Waals surface area contributed by atoms with Crippen LogP contribution in [0.1, 0.15) is 87.6 Å². The number of aryl methyl sites for hydroxylation is 2. The van der Waals surface area contributed by atoms with Crippen molar-refractivity contribution in [1.82, 2.24) is 9.99 Å². The Morgan fingerprint density at radius 3 is 1.75 bits per heavy atom. The number of ether oxygens (including phenoxy) is 2. The summed E-state index contributed by atoms with van der Waals surface area (Å²) >= 11 is 0. The third-order valence-electron chi connectivity index (χ3n) is 7.92.